The van der Waals surface area contributed by atoms with Crippen molar-refractivity contribution >= 4 is 0 Å². The van der Waals surface area contributed by atoms with Gasteiger partial charge in [-0.3, -0.25) is 0 Å². The van der Waals surface area contributed by atoms with Gasteiger partial charge in [0.1, 0.15) is 0 Å². The summed E-state index contributed by atoms with van der Waals surface area (Å²) in [6, 6.07) is 0. The predicted molar refractivity (Wildman–Crippen MR) is 55.1 cm³/mol. The van der Waals surface area contributed by atoms with E-state index in [-0.39, 0.29) is 0 Å². The molecule has 1 aliphatic rings. The van der Waals surface area contributed by atoms with Crippen LogP contribution in [0.25, 0.3) is 0 Å². The van der Waals surface area contributed by atoms with Crippen LogP contribution in [0.1, 0.15) is 46.0 Å². The summed E-state index contributed by atoms with van der Waals surface area (Å²) in [6.07, 6.45) is 13.6. The highest BCUT2D eigenvalue weighted by atomic mass is 14.1. The van der Waals surface area contributed by atoms with Crippen molar-refractivity contribution in [3.63, 3.8) is 0 Å². The maximum absolute atomic E-state index is 2.35. The lowest BCUT2D eigenvalue weighted by atomic mass is 9.89. The molecule has 1 atom stereocenters. The molecular weight excluding hydrogens is 144 g/mol. The van der Waals surface area contributed by atoms with Crippen LogP contribution >= 0.6 is 0 Å². The second kappa shape index (κ2) is 5.18. The van der Waals surface area contributed by atoms with Crippen LogP contribution in [0.3, 0.4) is 0 Å². The maximum atomic E-state index is 2.35. The predicted octanol–water partition coefficient (Wildman–Crippen LogP) is 4.09. The SMILES string of the molecule is C/C=C(\C)CCC1CC=CCC1. The Bertz CT molecular complexity index is 174. The zero-order valence-electron chi connectivity index (χ0n) is 8.34. The average molecular weight is 164 g/mol. The van der Waals surface area contributed by atoms with Crippen LogP contribution < -0.4 is 0 Å². The Kier molecular flexibility index (Phi) is 4.13. The second-order valence-electron chi connectivity index (χ2n) is 3.82. The van der Waals surface area contributed by atoms with Gasteiger partial charge < -0.3 is 0 Å². The Morgan fingerprint density at radius 1 is 1.50 bits per heavy atom. The Labute approximate surface area is 76.4 Å². The van der Waals surface area contributed by atoms with Crippen LogP contribution in [0.4, 0.5) is 0 Å². The zero-order valence-corrected chi connectivity index (χ0v) is 8.34. The summed E-state index contributed by atoms with van der Waals surface area (Å²) < 4.78 is 0. The first-order valence-corrected chi connectivity index (χ1v) is 5.09. The summed E-state index contributed by atoms with van der Waals surface area (Å²) in [5, 5.41) is 0. The van der Waals surface area contributed by atoms with Crippen LogP contribution in [0, 0.1) is 5.92 Å². The molecule has 0 saturated heterocycles. The third kappa shape index (κ3) is 3.25. The van der Waals surface area contributed by atoms with Crippen molar-refractivity contribution in [3.8, 4) is 0 Å². The van der Waals surface area contributed by atoms with Crippen LogP contribution in [-0.4, -0.2) is 0 Å². The molecule has 0 N–H and O–H groups in total. The summed E-state index contributed by atoms with van der Waals surface area (Å²) in [4.78, 5) is 0. The minimum absolute atomic E-state index is 0.963. The van der Waals surface area contributed by atoms with Gasteiger partial charge in [-0.15, -0.1) is 0 Å². The molecular formula is C12H20. The lowest BCUT2D eigenvalue weighted by Gasteiger charge is -2.17. The first-order valence-electron chi connectivity index (χ1n) is 5.09. The molecule has 1 aliphatic carbocycles. The fourth-order valence-corrected chi connectivity index (χ4v) is 1.69. The number of allylic oxidation sites excluding steroid dienone is 4. The largest absolute Gasteiger partial charge is 0.0887 e. The van der Waals surface area contributed by atoms with Crippen molar-refractivity contribution in [3.05, 3.63) is 23.8 Å². The van der Waals surface area contributed by atoms with E-state index in [4.69, 9.17) is 0 Å². The smallest absolute Gasteiger partial charge is 0.0320 e. The molecule has 0 fully saturated rings. The van der Waals surface area contributed by atoms with Gasteiger partial charge >= 0.3 is 0 Å². The first-order chi connectivity index (χ1) is 5.83. The molecule has 0 aromatic carbocycles. The van der Waals surface area contributed by atoms with E-state index in [0.29, 0.717) is 0 Å². The molecule has 0 heteroatoms. The van der Waals surface area contributed by atoms with Gasteiger partial charge in [0.25, 0.3) is 0 Å². The Morgan fingerprint density at radius 2 is 2.33 bits per heavy atom. The molecule has 0 bridgehead atoms. The molecule has 0 radical (unpaired) electrons. The quantitative estimate of drug-likeness (QED) is 0.551. The van der Waals surface area contributed by atoms with Crippen molar-refractivity contribution in [2.45, 2.75) is 46.0 Å². The van der Waals surface area contributed by atoms with E-state index in [1.54, 1.807) is 5.57 Å². The van der Waals surface area contributed by atoms with E-state index in [1.165, 1.54) is 32.1 Å². The van der Waals surface area contributed by atoms with Crippen LogP contribution in [0.5, 0.6) is 0 Å². The molecule has 12 heavy (non-hydrogen) atoms. The number of hydrogen-bond donors (Lipinski definition) is 0. The molecule has 1 rings (SSSR count). The Balaban J connectivity index is 2.18. The van der Waals surface area contributed by atoms with Gasteiger partial charge in [-0.2, -0.15) is 0 Å². The maximum Gasteiger partial charge on any atom is -0.0320 e. The van der Waals surface area contributed by atoms with Crippen LogP contribution in [0.15, 0.2) is 23.8 Å². The molecule has 0 spiro atoms. The molecule has 0 aromatic rings. The molecule has 0 aromatic heterocycles. The average Bonchev–Trinajstić information content (AvgIpc) is 2.16. The van der Waals surface area contributed by atoms with Gasteiger partial charge in [0.15, 0.2) is 0 Å². The van der Waals surface area contributed by atoms with Crippen molar-refractivity contribution < 1.29 is 0 Å². The topological polar surface area (TPSA) is 0 Å². The van der Waals surface area contributed by atoms with E-state index in [0.717, 1.165) is 5.92 Å². The standard InChI is InChI=1S/C12H20/c1-3-11(2)9-10-12-7-5-4-6-8-12/h3-5,12H,6-10H2,1-2H3/b11-3+. The minimum Gasteiger partial charge on any atom is -0.0887 e. The van der Waals surface area contributed by atoms with Crippen molar-refractivity contribution in [2.24, 2.45) is 5.92 Å². The van der Waals surface area contributed by atoms with E-state index >= 15 is 0 Å². The molecule has 0 heterocycles. The molecule has 1 unspecified atom stereocenters. The van der Waals surface area contributed by atoms with Crippen molar-refractivity contribution in [1.29, 1.82) is 0 Å². The van der Waals surface area contributed by atoms with Gasteiger partial charge in [-0.25, -0.2) is 0 Å². The number of hydrogen-bond acceptors (Lipinski definition) is 0. The monoisotopic (exact) mass is 164 g/mol. The normalized spacial score (nSPS) is 24.5. The van der Waals surface area contributed by atoms with Crippen LogP contribution in [0.2, 0.25) is 0 Å². The molecule has 0 amide bonds. The van der Waals surface area contributed by atoms with E-state index < -0.39 is 0 Å². The van der Waals surface area contributed by atoms with Crippen molar-refractivity contribution in [2.75, 3.05) is 0 Å². The number of rotatable bonds is 3. The second-order valence-corrected chi connectivity index (χ2v) is 3.82. The molecule has 0 nitrogen and oxygen atoms in total. The highest BCUT2D eigenvalue weighted by Gasteiger charge is 2.08. The minimum atomic E-state index is 0.963. The first kappa shape index (κ1) is 9.57. The van der Waals surface area contributed by atoms with Gasteiger partial charge in [0, 0.05) is 0 Å². The third-order valence-corrected chi connectivity index (χ3v) is 2.82. The summed E-state index contributed by atoms with van der Waals surface area (Å²) >= 11 is 0. The Hall–Kier alpha value is -0.520. The molecule has 68 valence electrons. The molecule has 0 aliphatic heterocycles. The van der Waals surface area contributed by atoms with Gasteiger partial charge in [-0.05, 0) is 51.9 Å². The van der Waals surface area contributed by atoms with Crippen molar-refractivity contribution in [1.82, 2.24) is 0 Å². The fraction of sp³-hybridized carbons (Fsp3) is 0.667. The lowest BCUT2D eigenvalue weighted by molar-refractivity contribution is 0.445. The summed E-state index contributed by atoms with van der Waals surface area (Å²) in [5.41, 5.74) is 1.55. The Morgan fingerprint density at radius 3 is 2.92 bits per heavy atom. The fourth-order valence-electron chi connectivity index (χ4n) is 1.69. The van der Waals surface area contributed by atoms with Crippen LogP contribution in [-0.2, 0) is 0 Å². The summed E-state index contributed by atoms with van der Waals surface area (Å²) in [6.45, 7) is 4.37. The lowest BCUT2D eigenvalue weighted by Crippen LogP contribution is -2.02. The third-order valence-electron chi connectivity index (χ3n) is 2.82. The van der Waals surface area contributed by atoms with Gasteiger partial charge in [-0.1, -0.05) is 23.8 Å². The van der Waals surface area contributed by atoms with E-state index in [9.17, 15) is 0 Å². The highest BCUT2D eigenvalue weighted by molar-refractivity contribution is 4.97. The highest BCUT2D eigenvalue weighted by Crippen LogP contribution is 2.24. The zero-order chi connectivity index (χ0) is 8.81. The van der Waals surface area contributed by atoms with E-state index in [2.05, 4.69) is 32.1 Å². The molecule has 0 saturated carbocycles. The summed E-state index contributed by atoms with van der Waals surface area (Å²) in [5.74, 6) is 0.963. The van der Waals surface area contributed by atoms with E-state index in [1.807, 2.05) is 0 Å². The van der Waals surface area contributed by atoms with Gasteiger partial charge in [0.05, 0.1) is 0 Å². The van der Waals surface area contributed by atoms with Gasteiger partial charge in [0.2, 0.25) is 0 Å². The summed E-state index contributed by atoms with van der Waals surface area (Å²) in [7, 11) is 0.